The SMILES string of the molecule is CC(C)N(Cc1ccccc1)c1nncc(NC2CCCC2)n1. The Kier molecular flexibility index (Phi) is 5.05. The molecule has 1 aliphatic carbocycles. The third-order valence-corrected chi connectivity index (χ3v) is 4.33. The van der Waals surface area contributed by atoms with Crippen LogP contribution in [-0.2, 0) is 6.54 Å². The van der Waals surface area contributed by atoms with E-state index in [1.165, 1.54) is 31.2 Å². The summed E-state index contributed by atoms with van der Waals surface area (Å²) in [5.41, 5.74) is 1.25. The van der Waals surface area contributed by atoms with Crippen molar-refractivity contribution in [3.05, 3.63) is 42.1 Å². The van der Waals surface area contributed by atoms with Crippen LogP contribution in [0.15, 0.2) is 36.5 Å². The van der Waals surface area contributed by atoms with Gasteiger partial charge in [0.25, 0.3) is 0 Å². The molecule has 1 aromatic carbocycles. The van der Waals surface area contributed by atoms with Crippen LogP contribution in [0.2, 0.25) is 0 Å². The van der Waals surface area contributed by atoms with E-state index >= 15 is 0 Å². The summed E-state index contributed by atoms with van der Waals surface area (Å²) in [6.07, 6.45) is 6.77. The van der Waals surface area contributed by atoms with Gasteiger partial charge in [-0.1, -0.05) is 43.2 Å². The highest BCUT2D eigenvalue weighted by Gasteiger charge is 2.18. The summed E-state index contributed by atoms with van der Waals surface area (Å²) in [7, 11) is 0. The molecule has 0 unspecified atom stereocenters. The Balaban J connectivity index is 1.76. The molecule has 0 radical (unpaired) electrons. The first-order valence-corrected chi connectivity index (χ1v) is 8.49. The van der Waals surface area contributed by atoms with E-state index in [1.807, 2.05) is 6.07 Å². The molecule has 122 valence electrons. The van der Waals surface area contributed by atoms with Crippen LogP contribution in [0, 0.1) is 0 Å². The lowest BCUT2D eigenvalue weighted by molar-refractivity contribution is 0.650. The summed E-state index contributed by atoms with van der Waals surface area (Å²) in [4.78, 5) is 6.88. The predicted octanol–water partition coefficient (Wildman–Crippen LogP) is 3.64. The molecule has 3 rings (SSSR count). The summed E-state index contributed by atoms with van der Waals surface area (Å²) in [6, 6.07) is 11.2. The highest BCUT2D eigenvalue weighted by molar-refractivity contribution is 5.41. The van der Waals surface area contributed by atoms with Gasteiger partial charge in [-0.15, -0.1) is 5.10 Å². The molecule has 1 aromatic heterocycles. The van der Waals surface area contributed by atoms with Gasteiger partial charge in [-0.2, -0.15) is 10.1 Å². The van der Waals surface area contributed by atoms with Crippen LogP contribution in [0.1, 0.15) is 45.1 Å². The van der Waals surface area contributed by atoms with E-state index in [-0.39, 0.29) is 0 Å². The second-order valence-electron chi connectivity index (χ2n) is 6.47. The minimum absolute atomic E-state index is 0.304. The molecule has 1 fully saturated rings. The molecule has 0 amide bonds. The van der Waals surface area contributed by atoms with Crippen LogP contribution in [0.5, 0.6) is 0 Å². The van der Waals surface area contributed by atoms with Gasteiger partial charge in [-0.3, -0.25) is 0 Å². The molecule has 23 heavy (non-hydrogen) atoms. The zero-order chi connectivity index (χ0) is 16.1. The van der Waals surface area contributed by atoms with Crippen molar-refractivity contribution in [3.63, 3.8) is 0 Å². The van der Waals surface area contributed by atoms with Gasteiger partial charge in [0, 0.05) is 18.6 Å². The second-order valence-corrected chi connectivity index (χ2v) is 6.47. The van der Waals surface area contributed by atoms with Crippen molar-refractivity contribution in [3.8, 4) is 0 Å². The molecular formula is C18H25N5. The standard InChI is InChI=1S/C18H25N5/c1-14(2)23(13-15-8-4-3-5-9-15)18-21-17(12-19-22-18)20-16-10-6-7-11-16/h3-5,8-9,12,14,16H,6-7,10-11,13H2,1-2H3,(H,20,21,22). The van der Waals surface area contributed by atoms with Gasteiger partial charge >= 0.3 is 0 Å². The van der Waals surface area contributed by atoms with Crippen molar-refractivity contribution in [2.75, 3.05) is 10.2 Å². The highest BCUT2D eigenvalue weighted by atomic mass is 15.3. The van der Waals surface area contributed by atoms with E-state index in [9.17, 15) is 0 Å². The molecular weight excluding hydrogens is 286 g/mol. The number of benzene rings is 1. The summed E-state index contributed by atoms with van der Waals surface area (Å²) in [6.45, 7) is 5.10. The number of aromatic nitrogens is 3. The lowest BCUT2D eigenvalue weighted by Crippen LogP contribution is -2.32. The molecule has 0 aliphatic heterocycles. The Morgan fingerprint density at radius 1 is 1.17 bits per heavy atom. The van der Waals surface area contributed by atoms with E-state index in [2.05, 4.69) is 58.5 Å². The van der Waals surface area contributed by atoms with Gasteiger partial charge in [-0.05, 0) is 32.3 Å². The van der Waals surface area contributed by atoms with Gasteiger partial charge in [0.15, 0.2) is 5.82 Å². The van der Waals surface area contributed by atoms with Gasteiger partial charge in [0.1, 0.15) is 0 Å². The van der Waals surface area contributed by atoms with Gasteiger partial charge in [0.05, 0.1) is 6.20 Å². The molecule has 0 spiro atoms. The average Bonchev–Trinajstić information content (AvgIpc) is 3.06. The van der Waals surface area contributed by atoms with Crippen molar-refractivity contribution in [1.29, 1.82) is 0 Å². The Labute approximate surface area is 138 Å². The lowest BCUT2D eigenvalue weighted by atomic mass is 10.2. The van der Waals surface area contributed by atoms with Gasteiger partial charge in [-0.25, -0.2) is 0 Å². The quantitative estimate of drug-likeness (QED) is 0.882. The fourth-order valence-corrected chi connectivity index (χ4v) is 3.03. The smallest absolute Gasteiger partial charge is 0.247 e. The maximum atomic E-state index is 4.70. The fourth-order valence-electron chi connectivity index (χ4n) is 3.03. The molecule has 1 heterocycles. The summed E-state index contributed by atoms with van der Waals surface area (Å²) < 4.78 is 0. The molecule has 5 nitrogen and oxygen atoms in total. The van der Waals surface area contributed by atoms with E-state index < -0.39 is 0 Å². The van der Waals surface area contributed by atoms with E-state index in [0.717, 1.165) is 12.4 Å². The van der Waals surface area contributed by atoms with E-state index in [0.29, 0.717) is 18.0 Å². The zero-order valence-electron chi connectivity index (χ0n) is 13.9. The van der Waals surface area contributed by atoms with Gasteiger partial charge in [0.2, 0.25) is 5.95 Å². The summed E-state index contributed by atoms with van der Waals surface area (Å²) >= 11 is 0. The lowest BCUT2D eigenvalue weighted by Gasteiger charge is -2.26. The molecule has 1 saturated carbocycles. The van der Waals surface area contributed by atoms with Gasteiger partial charge < -0.3 is 10.2 Å². The zero-order valence-corrected chi connectivity index (χ0v) is 13.9. The Bertz CT molecular complexity index is 608. The molecule has 2 aromatic rings. The molecule has 1 N–H and O–H groups in total. The number of rotatable bonds is 6. The molecule has 1 aliphatic rings. The Morgan fingerprint density at radius 2 is 1.91 bits per heavy atom. The van der Waals surface area contributed by atoms with Crippen molar-refractivity contribution >= 4 is 11.8 Å². The monoisotopic (exact) mass is 311 g/mol. The maximum absolute atomic E-state index is 4.70. The first-order chi connectivity index (χ1) is 11.2. The Hall–Kier alpha value is -2.17. The van der Waals surface area contributed by atoms with E-state index in [1.54, 1.807) is 6.20 Å². The third-order valence-electron chi connectivity index (χ3n) is 4.33. The first-order valence-electron chi connectivity index (χ1n) is 8.49. The molecule has 0 atom stereocenters. The largest absolute Gasteiger partial charge is 0.366 e. The fraction of sp³-hybridized carbons (Fsp3) is 0.500. The minimum atomic E-state index is 0.304. The van der Waals surface area contributed by atoms with E-state index in [4.69, 9.17) is 4.98 Å². The highest BCUT2D eigenvalue weighted by Crippen LogP contribution is 2.22. The van der Waals surface area contributed by atoms with Crippen molar-refractivity contribution in [2.45, 2.75) is 58.2 Å². The first kappa shape index (κ1) is 15.7. The third kappa shape index (κ3) is 4.18. The normalized spacial score (nSPS) is 15.1. The number of hydrogen-bond donors (Lipinski definition) is 1. The van der Waals surface area contributed by atoms with Crippen LogP contribution >= 0.6 is 0 Å². The maximum Gasteiger partial charge on any atom is 0.247 e. The Morgan fingerprint density at radius 3 is 2.61 bits per heavy atom. The number of hydrogen-bond acceptors (Lipinski definition) is 5. The molecule has 5 heteroatoms. The van der Waals surface area contributed by atoms with Crippen LogP contribution in [0.4, 0.5) is 11.8 Å². The van der Waals surface area contributed by atoms with Crippen LogP contribution < -0.4 is 10.2 Å². The minimum Gasteiger partial charge on any atom is -0.366 e. The summed E-state index contributed by atoms with van der Waals surface area (Å²) in [5, 5.41) is 11.9. The van der Waals surface area contributed by atoms with Crippen molar-refractivity contribution < 1.29 is 0 Å². The predicted molar refractivity (Wildman–Crippen MR) is 93.5 cm³/mol. The van der Waals surface area contributed by atoms with Crippen LogP contribution in [-0.4, -0.2) is 27.3 Å². The molecule has 0 bridgehead atoms. The number of nitrogens with zero attached hydrogens (tertiary/aromatic N) is 4. The molecule has 0 saturated heterocycles. The summed E-state index contributed by atoms with van der Waals surface area (Å²) in [5.74, 6) is 1.52. The van der Waals surface area contributed by atoms with Crippen LogP contribution in [0.25, 0.3) is 0 Å². The van der Waals surface area contributed by atoms with Crippen molar-refractivity contribution in [2.24, 2.45) is 0 Å². The van der Waals surface area contributed by atoms with Crippen molar-refractivity contribution in [1.82, 2.24) is 15.2 Å². The number of nitrogens with one attached hydrogen (secondary N) is 1. The number of anilines is 2. The van der Waals surface area contributed by atoms with Crippen LogP contribution in [0.3, 0.4) is 0 Å². The topological polar surface area (TPSA) is 53.9 Å². The average molecular weight is 311 g/mol. The second kappa shape index (κ2) is 7.40.